The van der Waals surface area contributed by atoms with Gasteiger partial charge in [-0.05, 0) is 44.2 Å². The predicted octanol–water partition coefficient (Wildman–Crippen LogP) is 5.40. The number of unbranched alkanes of at least 4 members (excludes halogenated alkanes) is 2. The normalized spacial score (nSPS) is 11.4. The minimum Gasteiger partial charge on any atom is -0.312 e. The third kappa shape index (κ3) is 6.09. The topological polar surface area (TPSA) is 61.1 Å². The Labute approximate surface area is 177 Å². The summed E-state index contributed by atoms with van der Waals surface area (Å²) in [6, 6.07) is 18.2. The van der Waals surface area contributed by atoms with E-state index in [1.807, 2.05) is 36.4 Å². The van der Waals surface area contributed by atoms with Crippen molar-refractivity contribution < 1.29 is 0 Å². The lowest BCUT2D eigenvalue weighted by molar-refractivity contribution is 0.672. The molecule has 3 aromatic rings. The lowest BCUT2D eigenvalue weighted by Crippen LogP contribution is -2.19. The number of aryl methyl sites for hydroxylation is 3. The van der Waals surface area contributed by atoms with Gasteiger partial charge in [-0.25, -0.2) is 4.98 Å². The van der Waals surface area contributed by atoms with Crippen molar-refractivity contribution in [2.24, 2.45) is 5.10 Å². The predicted molar refractivity (Wildman–Crippen MR) is 123 cm³/mol. The van der Waals surface area contributed by atoms with Gasteiger partial charge in [0.2, 0.25) is 0 Å². The van der Waals surface area contributed by atoms with Crippen LogP contribution in [0.3, 0.4) is 0 Å². The molecular formula is C24H28N4S. The summed E-state index contributed by atoms with van der Waals surface area (Å²) in [4.78, 5) is 4.54. The molecule has 1 heterocycles. The third-order valence-corrected chi connectivity index (χ3v) is 5.61. The number of hydrogen-bond donors (Lipinski definition) is 2. The minimum atomic E-state index is 0.427. The van der Waals surface area contributed by atoms with E-state index in [4.69, 9.17) is 5.41 Å². The third-order valence-electron chi connectivity index (χ3n) is 4.79. The van der Waals surface area contributed by atoms with Gasteiger partial charge in [-0.2, -0.15) is 5.10 Å². The zero-order valence-electron chi connectivity index (χ0n) is 17.1. The van der Waals surface area contributed by atoms with Crippen molar-refractivity contribution in [2.75, 3.05) is 7.05 Å². The van der Waals surface area contributed by atoms with E-state index in [0.717, 1.165) is 35.4 Å². The highest BCUT2D eigenvalue weighted by Crippen LogP contribution is 2.15. The molecule has 0 amide bonds. The van der Waals surface area contributed by atoms with Crippen LogP contribution >= 0.6 is 11.3 Å². The maximum absolute atomic E-state index is 8.60. The van der Waals surface area contributed by atoms with Crippen LogP contribution in [0.1, 0.15) is 46.7 Å². The van der Waals surface area contributed by atoms with Gasteiger partial charge in [-0.15, -0.1) is 11.3 Å². The summed E-state index contributed by atoms with van der Waals surface area (Å²) in [5.41, 5.74) is 8.30. The van der Waals surface area contributed by atoms with Crippen LogP contribution in [0.4, 0.5) is 0 Å². The first-order valence-electron chi connectivity index (χ1n) is 10.1. The van der Waals surface area contributed by atoms with E-state index >= 15 is 0 Å². The summed E-state index contributed by atoms with van der Waals surface area (Å²) in [5.74, 6) is 0. The second-order valence-electron chi connectivity index (χ2n) is 7.04. The van der Waals surface area contributed by atoms with Crippen LogP contribution in [-0.4, -0.2) is 23.5 Å². The minimum absolute atomic E-state index is 0.427. The van der Waals surface area contributed by atoms with Crippen LogP contribution in [0.25, 0.3) is 0 Å². The summed E-state index contributed by atoms with van der Waals surface area (Å²) >= 11 is 1.73. The van der Waals surface area contributed by atoms with Gasteiger partial charge in [0.05, 0.1) is 16.4 Å². The van der Waals surface area contributed by atoms with Crippen molar-refractivity contribution in [3.63, 3.8) is 0 Å². The van der Waals surface area contributed by atoms with E-state index in [0.29, 0.717) is 11.4 Å². The van der Waals surface area contributed by atoms with E-state index in [1.54, 1.807) is 18.4 Å². The molecule has 0 bridgehead atoms. The highest BCUT2D eigenvalue weighted by Gasteiger charge is 2.13. The largest absolute Gasteiger partial charge is 0.312 e. The van der Waals surface area contributed by atoms with Gasteiger partial charge in [-0.1, -0.05) is 55.0 Å². The first kappa shape index (κ1) is 20.9. The summed E-state index contributed by atoms with van der Waals surface area (Å²) in [6.45, 7) is 2.06. The van der Waals surface area contributed by atoms with Crippen LogP contribution in [0, 0.1) is 12.3 Å². The van der Waals surface area contributed by atoms with Gasteiger partial charge >= 0.3 is 0 Å². The van der Waals surface area contributed by atoms with Crippen LogP contribution in [-0.2, 0) is 12.8 Å². The molecule has 2 N–H and O–H groups in total. The number of thiazole rings is 1. The quantitative estimate of drug-likeness (QED) is 0.270. The van der Waals surface area contributed by atoms with Gasteiger partial charge in [0, 0.05) is 23.6 Å². The molecule has 3 rings (SSSR count). The fraction of sp³-hybridized carbons (Fsp3) is 0.292. The molecule has 1 aromatic heterocycles. The molecule has 5 heteroatoms. The monoisotopic (exact) mass is 404 g/mol. The molecule has 0 aliphatic heterocycles. The molecule has 0 aliphatic carbocycles. The second kappa shape index (κ2) is 10.7. The van der Waals surface area contributed by atoms with E-state index in [1.165, 1.54) is 24.1 Å². The molecule has 0 unspecified atom stereocenters. The SMILES string of the molecule is CN/N=C(\C(=N)c1ccccc1)c1cccc(CCCCCc2csc(C)n2)c1. The Kier molecular flexibility index (Phi) is 7.70. The molecule has 2 aromatic carbocycles. The maximum Gasteiger partial charge on any atom is 0.116 e. The Hall–Kier alpha value is -2.79. The molecule has 0 saturated carbocycles. The zero-order valence-corrected chi connectivity index (χ0v) is 17.9. The molecule has 0 aliphatic rings. The molecule has 0 spiro atoms. The first-order chi connectivity index (χ1) is 14.2. The smallest absolute Gasteiger partial charge is 0.116 e. The fourth-order valence-corrected chi connectivity index (χ4v) is 3.97. The second-order valence-corrected chi connectivity index (χ2v) is 8.11. The zero-order chi connectivity index (χ0) is 20.5. The highest BCUT2D eigenvalue weighted by molar-refractivity contribution is 7.09. The fourth-order valence-electron chi connectivity index (χ4n) is 3.33. The highest BCUT2D eigenvalue weighted by atomic mass is 32.1. The number of hydrazone groups is 1. The number of rotatable bonds is 10. The van der Waals surface area contributed by atoms with Gasteiger partial charge in [-0.3, -0.25) is 5.41 Å². The summed E-state index contributed by atoms with van der Waals surface area (Å²) in [6.07, 6.45) is 5.63. The van der Waals surface area contributed by atoms with E-state index in [2.05, 4.69) is 46.0 Å². The van der Waals surface area contributed by atoms with E-state index < -0.39 is 0 Å². The van der Waals surface area contributed by atoms with Crippen LogP contribution in [0.5, 0.6) is 0 Å². The lowest BCUT2D eigenvalue weighted by Gasteiger charge is -2.10. The van der Waals surface area contributed by atoms with Crippen molar-refractivity contribution in [3.8, 4) is 0 Å². The number of nitrogens with zero attached hydrogens (tertiary/aromatic N) is 2. The van der Waals surface area contributed by atoms with Crippen molar-refractivity contribution in [1.82, 2.24) is 10.4 Å². The van der Waals surface area contributed by atoms with Gasteiger partial charge in [0.1, 0.15) is 5.71 Å². The molecule has 4 nitrogen and oxygen atoms in total. The Morgan fingerprint density at radius 1 is 1.00 bits per heavy atom. The number of nitrogens with one attached hydrogen (secondary N) is 2. The average Bonchev–Trinajstić information content (AvgIpc) is 3.17. The van der Waals surface area contributed by atoms with Crippen molar-refractivity contribution >= 4 is 22.8 Å². The maximum atomic E-state index is 8.60. The number of hydrogen-bond acceptors (Lipinski definition) is 5. The molecular weight excluding hydrogens is 376 g/mol. The number of aromatic nitrogens is 1. The van der Waals surface area contributed by atoms with Crippen molar-refractivity contribution in [3.05, 3.63) is 87.4 Å². The van der Waals surface area contributed by atoms with Crippen LogP contribution in [0.2, 0.25) is 0 Å². The average molecular weight is 405 g/mol. The molecule has 0 fully saturated rings. The summed E-state index contributed by atoms with van der Waals surface area (Å²) < 4.78 is 0. The van der Waals surface area contributed by atoms with Gasteiger partial charge < -0.3 is 5.43 Å². The Morgan fingerprint density at radius 3 is 2.48 bits per heavy atom. The Bertz CT molecular complexity index is 960. The van der Waals surface area contributed by atoms with E-state index in [-0.39, 0.29) is 0 Å². The number of benzene rings is 2. The molecule has 29 heavy (non-hydrogen) atoms. The van der Waals surface area contributed by atoms with Gasteiger partial charge in [0.15, 0.2) is 0 Å². The van der Waals surface area contributed by atoms with Crippen LogP contribution < -0.4 is 5.43 Å². The molecule has 0 atom stereocenters. The molecule has 0 saturated heterocycles. The van der Waals surface area contributed by atoms with Crippen molar-refractivity contribution in [2.45, 2.75) is 39.0 Å². The molecule has 150 valence electrons. The first-order valence-corrected chi connectivity index (χ1v) is 10.9. The summed E-state index contributed by atoms with van der Waals surface area (Å²) in [7, 11) is 1.77. The van der Waals surface area contributed by atoms with Crippen LogP contribution in [0.15, 0.2) is 65.1 Å². The lowest BCUT2D eigenvalue weighted by atomic mass is 9.97. The Balaban J connectivity index is 1.59. The summed E-state index contributed by atoms with van der Waals surface area (Å²) in [5, 5.41) is 16.3. The van der Waals surface area contributed by atoms with E-state index in [9.17, 15) is 0 Å². The standard InChI is InChI=1S/C24H28N4S/c1-18-27-22(17-29-18)15-8-3-5-10-19-11-9-14-21(16-19)24(28-26-2)23(25)20-12-6-4-7-13-20/h4,6-7,9,11-14,16-17,25-26H,3,5,8,10,15H2,1-2H3/b25-23?,28-24-. The van der Waals surface area contributed by atoms with Gasteiger partial charge in [0.25, 0.3) is 0 Å². The molecule has 0 radical (unpaired) electrons. The van der Waals surface area contributed by atoms with Crippen molar-refractivity contribution in [1.29, 1.82) is 5.41 Å². The Morgan fingerprint density at radius 2 is 1.76 bits per heavy atom.